The van der Waals surface area contributed by atoms with E-state index < -0.39 is 0 Å². The van der Waals surface area contributed by atoms with Gasteiger partial charge in [-0.05, 0) is 134 Å². The van der Waals surface area contributed by atoms with Gasteiger partial charge in [0, 0.05) is 45.3 Å². The zero-order chi connectivity index (χ0) is 43.9. The summed E-state index contributed by atoms with van der Waals surface area (Å²) in [6, 6.07) is 54.8. The van der Waals surface area contributed by atoms with Crippen molar-refractivity contribution < 1.29 is 0 Å². The van der Waals surface area contributed by atoms with Gasteiger partial charge in [0.05, 0.1) is 11.4 Å². The Morgan fingerprint density at radius 2 is 0.508 bits per heavy atom. The van der Waals surface area contributed by atoms with Crippen molar-refractivity contribution in [2.75, 3.05) is 9.80 Å². The zero-order valence-corrected chi connectivity index (χ0v) is 38.9. The van der Waals surface area contributed by atoms with Crippen molar-refractivity contribution in [1.82, 2.24) is 9.97 Å². The average Bonchev–Trinajstić information content (AvgIpc) is 3.21. The van der Waals surface area contributed by atoms with E-state index in [0.717, 1.165) is 56.6 Å². The number of aromatic nitrogens is 2. The molecule has 0 saturated carbocycles. The van der Waals surface area contributed by atoms with Gasteiger partial charge in [0.2, 0.25) is 5.28 Å². The average molecular weight is 826 g/mol. The second-order valence-electron chi connectivity index (χ2n) is 20.4. The van der Waals surface area contributed by atoms with Crippen LogP contribution in [0.3, 0.4) is 0 Å². The van der Waals surface area contributed by atoms with Crippen LogP contribution < -0.4 is 9.80 Å². The lowest BCUT2D eigenvalue weighted by molar-refractivity contribution is 0.590. The number of hydrogen-bond acceptors (Lipinski definition) is 4. The largest absolute Gasteiger partial charge is 0.311 e. The minimum absolute atomic E-state index is 0.0667. The number of anilines is 6. The van der Waals surface area contributed by atoms with Gasteiger partial charge in [-0.2, -0.15) is 0 Å². The molecule has 0 bridgehead atoms. The third-order valence-corrected chi connectivity index (χ3v) is 11.7. The topological polar surface area (TPSA) is 32.3 Å². The summed E-state index contributed by atoms with van der Waals surface area (Å²) in [5.41, 5.74) is 15.4. The molecule has 0 aliphatic carbocycles. The van der Waals surface area contributed by atoms with Crippen LogP contribution in [0.5, 0.6) is 0 Å². The van der Waals surface area contributed by atoms with Crippen molar-refractivity contribution in [2.45, 2.75) is 105 Å². The standard InChI is InChI=1S/C56H61ClN4/c1-53(2,3)40-17-29-46(30-18-40)60(47-31-19-41(20-32-47)54(4,5)6)44-25-13-38(14-26-44)50-37-51(59-52(57)58-50)39-15-27-45(28-16-39)61(48-33-21-42(22-34-48)55(7,8)9)49-35-23-43(24-36-49)56(10,11)12/h13-37H,1-12H3. The van der Waals surface area contributed by atoms with Gasteiger partial charge in [0.15, 0.2) is 0 Å². The van der Waals surface area contributed by atoms with Gasteiger partial charge < -0.3 is 9.80 Å². The van der Waals surface area contributed by atoms with Crippen LogP contribution >= 0.6 is 11.6 Å². The van der Waals surface area contributed by atoms with E-state index in [2.05, 4.69) is 238 Å². The van der Waals surface area contributed by atoms with Gasteiger partial charge >= 0.3 is 0 Å². The zero-order valence-electron chi connectivity index (χ0n) is 38.1. The molecule has 1 heterocycles. The Morgan fingerprint density at radius 3 is 0.705 bits per heavy atom. The molecule has 4 nitrogen and oxygen atoms in total. The van der Waals surface area contributed by atoms with Gasteiger partial charge in [0.25, 0.3) is 0 Å². The van der Waals surface area contributed by atoms with E-state index in [1.165, 1.54) is 22.3 Å². The highest BCUT2D eigenvalue weighted by atomic mass is 35.5. The van der Waals surface area contributed by atoms with Crippen LogP contribution in [0.2, 0.25) is 5.28 Å². The Hall–Kier alpha value is -5.71. The monoisotopic (exact) mass is 824 g/mol. The fourth-order valence-electron chi connectivity index (χ4n) is 7.61. The summed E-state index contributed by atoms with van der Waals surface area (Å²) >= 11 is 6.67. The number of halogens is 1. The van der Waals surface area contributed by atoms with E-state index in [1.54, 1.807) is 0 Å². The fourth-order valence-corrected chi connectivity index (χ4v) is 7.79. The lowest BCUT2D eigenvalue weighted by atomic mass is 9.86. The van der Waals surface area contributed by atoms with Crippen molar-refractivity contribution in [1.29, 1.82) is 0 Å². The van der Waals surface area contributed by atoms with Crippen LogP contribution in [-0.4, -0.2) is 9.97 Å². The van der Waals surface area contributed by atoms with Crippen LogP contribution in [0.25, 0.3) is 22.5 Å². The number of rotatable bonds is 8. The summed E-state index contributed by atoms with van der Waals surface area (Å²) in [4.78, 5) is 14.0. The van der Waals surface area contributed by atoms with E-state index >= 15 is 0 Å². The van der Waals surface area contributed by atoms with E-state index in [0.29, 0.717) is 0 Å². The van der Waals surface area contributed by atoms with Gasteiger partial charge in [0.1, 0.15) is 0 Å². The quantitative estimate of drug-likeness (QED) is 0.143. The van der Waals surface area contributed by atoms with Crippen LogP contribution in [0.15, 0.2) is 152 Å². The molecule has 0 unspecified atom stereocenters. The SMILES string of the molecule is CC(C)(C)c1ccc(N(c2ccc(-c3cc(-c4ccc(N(c5ccc(C(C)(C)C)cc5)c5ccc(C(C)(C)C)cc5)cc4)nc(Cl)n3)cc2)c2ccc(C(C)(C)C)cc2)cc1. The lowest BCUT2D eigenvalue weighted by Crippen LogP contribution is -2.14. The molecule has 0 saturated heterocycles. The molecule has 7 aromatic rings. The minimum Gasteiger partial charge on any atom is -0.311 e. The van der Waals surface area contributed by atoms with Crippen molar-refractivity contribution in [3.8, 4) is 22.5 Å². The highest BCUT2D eigenvalue weighted by molar-refractivity contribution is 6.28. The summed E-state index contributed by atoms with van der Waals surface area (Å²) in [5.74, 6) is 0. The van der Waals surface area contributed by atoms with Gasteiger partial charge in [-0.15, -0.1) is 0 Å². The highest BCUT2D eigenvalue weighted by Crippen LogP contribution is 2.40. The van der Waals surface area contributed by atoms with E-state index in [1.807, 2.05) is 6.07 Å². The molecule has 1 aromatic heterocycles. The smallest absolute Gasteiger partial charge is 0.223 e. The first-order valence-corrected chi connectivity index (χ1v) is 21.8. The summed E-state index contributed by atoms with van der Waals surface area (Å²) in [6.07, 6.45) is 0. The molecule has 0 radical (unpaired) electrons. The molecule has 61 heavy (non-hydrogen) atoms. The molecule has 0 fully saturated rings. The second-order valence-corrected chi connectivity index (χ2v) is 20.7. The number of benzene rings is 6. The van der Waals surface area contributed by atoms with Crippen LogP contribution in [-0.2, 0) is 21.7 Å². The number of hydrogen-bond donors (Lipinski definition) is 0. The molecule has 5 heteroatoms. The van der Waals surface area contributed by atoms with E-state index in [-0.39, 0.29) is 26.9 Å². The first-order chi connectivity index (χ1) is 28.6. The molecular weight excluding hydrogens is 764 g/mol. The van der Waals surface area contributed by atoms with E-state index in [9.17, 15) is 0 Å². The van der Waals surface area contributed by atoms with Crippen molar-refractivity contribution >= 4 is 45.7 Å². The molecule has 0 aliphatic heterocycles. The molecule has 0 atom stereocenters. The molecule has 0 aliphatic rings. The van der Waals surface area contributed by atoms with Gasteiger partial charge in [-0.1, -0.05) is 156 Å². The molecule has 0 amide bonds. The summed E-state index contributed by atoms with van der Waals surface area (Å²) < 4.78 is 0. The minimum atomic E-state index is 0.0667. The summed E-state index contributed by atoms with van der Waals surface area (Å²) in [6.45, 7) is 27.0. The van der Waals surface area contributed by atoms with Crippen LogP contribution in [0.4, 0.5) is 34.1 Å². The summed E-state index contributed by atoms with van der Waals surface area (Å²) in [7, 11) is 0. The van der Waals surface area contributed by atoms with Crippen molar-refractivity contribution in [3.63, 3.8) is 0 Å². The Kier molecular flexibility index (Phi) is 11.8. The highest BCUT2D eigenvalue weighted by Gasteiger charge is 2.21. The molecule has 312 valence electrons. The molecule has 6 aromatic carbocycles. The first kappa shape index (κ1) is 43.4. The third kappa shape index (κ3) is 9.93. The Bertz CT molecular complexity index is 2270. The van der Waals surface area contributed by atoms with Crippen molar-refractivity contribution in [3.05, 3.63) is 179 Å². The predicted octanol–water partition coefficient (Wildman–Crippen LogP) is 16.6. The Morgan fingerprint density at radius 1 is 0.311 bits per heavy atom. The van der Waals surface area contributed by atoms with Gasteiger partial charge in [-0.25, -0.2) is 9.97 Å². The normalized spacial score (nSPS) is 12.3. The van der Waals surface area contributed by atoms with Gasteiger partial charge in [-0.3, -0.25) is 0 Å². The lowest BCUT2D eigenvalue weighted by Gasteiger charge is -2.28. The Balaban J connectivity index is 1.20. The van der Waals surface area contributed by atoms with Crippen LogP contribution in [0, 0.1) is 0 Å². The number of nitrogens with zero attached hydrogens (tertiary/aromatic N) is 4. The molecule has 7 rings (SSSR count). The predicted molar refractivity (Wildman–Crippen MR) is 262 cm³/mol. The fraction of sp³-hybridized carbons (Fsp3) is 0.286. The summed E-state index contributed by atoms with van der Waals surface area (Å²) in [5, 5.41) is 0.208. The maximum Gasteiger partial charge on any atom is 0.223 e. The Labute approximate surface area is 370 Å². The molecule has 0 spiro atoms. The molecular formula is C56H61ClN4. The van der Waals surface area contributed by atoms with Crippen LogP contribution in [0.1, 0.15) is 105 Å². The third-order valence-electron chi connectivity index (χ3n) is 11.5. The van der Waals surface area contributed by atoms with Crippen molar-refractivity contribution in [2.24, 2.45) is 0 Å². The first-order valence-electron chi connectivity index (χ1n) is 21.4. The molecule has 0 N–H and O–H groups in total. The maximum absolute atomic E-state index is 6.67. The maximum atomic E-state index is 6.67. The second kappa shape index (κ2) is 16.6. The van der Waals surface area contributed by atoms with E-state index in [4.69, 9.17) is 21.6 Å².